The molecule has 2 rings (SSSR count). The fourth-order valence-electron chi connectivity index (χ4n) is 2.12. The van der Waals surface area contributed by atoms with E-state index in [2.05, 4.69) is 6.07 Å². The van der Waals surface area contributed by atoms with Crippen LogP contribution < -0.4 is 4.74 Å². The predicted octanol–water partition coefficient (Wildman–Crippen LogP) is 2.82. The molecule has 1 aliphatic rings. The number of rotatable bonds is 3. The normalized spacial score (nSPS) is 23.4. The second-order valence-electron chi connectivity index (χ2n) is 4.33. The van der Waals surface area contributed by atoms with Gasteiger partial charge in [-0.05, 0) is 36.6 Å². The third-order valence-corrected chi connectivity index (χ3v) is 3.35. The highest BCUT2D eigenvalue weighted by molar-refractivity contribution is 6.30. The monoisotopic (exact) mass is 251 g/mol. The maximum Gasteiger partial charge on any atom is 0.122 e. The summed E-state index contributed by atoms with van der Waals surface area (Å²) in [4.78, 5) is 0. The Labute approximate surface area is 106 Å². The summed E-state index contributed by atoms with van der Waals surface area (Å²) in [5.41, 5.74) is 0.532. The van der Waals surface area contributed by atoms with Gasteiger partial charge in [0.15, 0.2) is 0 Å². The van der Waals surface area contributed by atoms with Crippen molar-refractivity contribution in [2.75, 3.05) is 20.3 Å². The van der Waals surface area contributed by atoms with Crippen molar-refractivity contribution >= 4 is 11.6 Å². The highest BCUT2D eigenvalue weighted by Crippen LogP contribution is 2.35. The first kappa shape index (κ1) is 12.2. The molecule has 1 unspecified atom stereocenters. The lowest BCUT2D eigenvalue weighted by Gasteiger charge is -2.20. The van der Waals surface area contributed by atoms with E-state index in [0.717, 1.165) is 17.7 Å². The highest BCUT2D eigenvalue weighted by Gasteiger charge is 2.36. The zero-order valence-corrected chi connectivity index (χ0v) is 10.5. The van der Waals surface area contributed by atoms with E-state index in [4.69, 9.17) is 21.1 Å². The van der Waals surface area contributed by atoms with Crippen molar-refractivity contribution in [2.45, 2.75) is 12.8 Å². The molecule has 0 saturated carbocycles. The predicted molar refractivity (Wildman–Crippen MR) is 65.2 cm³/mol. The van der Waals surface area contributed by atoms with Crippen molar-refractivity contribution in [1.29, 1.82) is 5.26 Å². The Balaban J connectivity index is 2.28. The molecule has 0 radical (unpaired) electrons. The van der Waals surface area contributed by atoms with Crippen LogP contribution in [0.15, 0.2) is 18.2 Å². The lowest BCUT2D eigenvalue weighted by Crippen LogP contribution is -2.22. The van der Waals surface area contributed by atoms with Crippen LogP contribution in [0.1, 0.15) is 12.0 Å². The fraction of sp³-hybridized carbons (Fsp3) is 0.462. The van der Waals surface area contributed by atoms with Crippen LogP contribution in [0.25, 0.3) is 0 Å². The molecule has 4 heteroatoms. The number of ether oxygens (including phenoxy) is 2. The van der Waals surface area contributed by atoms with Crippen LogP contribution in [0.5, 0.6) is 5.75 Å². The average molecular weight is 252 g/mol. The molecule has 0 aliphatic carbocycles. The Morgan fingerprint density at radius 3 is 3.00 bits per heavy atom. The van der Waals surface area contributed by atoms with Gasteiger partial charge in [0.25, 0.3) is 0 Å². The summed E-state index contributed by atoms with van der Waals surface area (Å²) < 4.78 is 10.6. The second-order valence-corrected chi connectivity index (χ2v) is 4.76. The van der Waals surface area contributed by atoms with Crippen LogP contribution in [-0.4, -0.2) is 20.3 Å². The van der Waals surface area contributed by atoms with Crippen molar-refractivity contribution < 1.29 is 9.47 Å². The van der Waals surface area contributed by atoms with Crippen molar-refractivity contribution in [1.82, 2.24) is 0 Å². The molecular formula is C13H14ClNO2. The smallest absolute Gasteiger partial charge is 0.122 e. The summed E-state index contributed by atoms with van der Waals surface area (Å²) in [5, 5.41) is 9.97. The number of nitriles is 1. The zero-order valence-electron chi connectivity index (χ0n) is 9.70. The van der Waals surface area contributed by atoms with E-state index in [9.17, 15) is 5.26 Å². The standard InChI is InChI=1S/C13H14ClNO2/c1-16-12-3-2-11(14)6-10(12)7-13(8-15)4-5-17-9-13/h2-3,6H,4-5,7,9H2,1H3. The van der Waals surface area contributed by atoms with Gasteiger partial charge in [0.1, 0.15) is 5.75 Å². The third kappa shape index (κ3) is 2.54. The second kappa shape index (κ2) is 4.95. The quantitative estimate of drug-likeness (QED) is 0.830. The van der Waals surface area contributed by atoms with Gasteiger partial charge in [-0.1, -0.05) is 11.6 Å². The van der Waals surface area contributed by atoms with E-state index in [-0.39, 0.29) is 0 Å². The van der Waals surface area contributed by atoms with E-state index >= 15 is 0 Å². The largest absolute Gasteiger partial charge is 0.496 e. The minimum atomic E-state index is -0.433. The van der Waals surface area contributed by atoms with E-state index in [1.54, 1.807) is 13.2 Å². The number of hydrogen-bond acceptors (Lipinski definition) is 3. The molecule has 0 bridgehead atoms. The summed E-state index contributed by atoms with van der Waals surface area (Å²) >= 11 is 5.98. The molecule has 1 aromatic rings. The van der Waals surface area contributed by atoms with Crippen molar-refractivity contribution in [3.05, 3.63) is 28.8 Å². The number of nitrogens with zero attached hydrogens (tertiary/aromatic N) is 1. The van der Waals surface area contributed by atoms with Crippen molar-refractivity contribution in [3.63, 3.8) is 0 Å². The van der Waals surface area contributed by atoms with E-state index < -0.39 is 5.41 Å². The van der Waals surface area contributed by atoms with Gasteiger partial charge in [0.2, 0.25) is 0 Å². The van der Waals surface area contributed by atoms with Crippen LogP contribution in [0.3, 0.4) is 0 Å². The van der Waals surface area contributed by atoms with Crippen molar-refractivity contribution in [3.8, 4) is 11.8 Å². The van der Waals surface area contributed by atoms with E-state index in [1.165, 1.54) is 0 Å². The molecule has 1 atom stereocenters. The lowest BCUT2D eigenvalue weighted by molar-refractivity contribution is 0.171. The summed E-state index contributed by atoms with van der Waals surface area (Å²) in [6.07, 6.45) is 1.38. The molecule has 0 N–H and O–H groups in total. The fourth-order valence-corrected chi connectivity index (χ4v) is 2.32. The first-order valence-corrected chi connectivity index (χ1v) is 5.88. The van der Waals surface area contributed by atoms with Gasteiger partial charge in [0.05, 0.1) is 25.2 Å². The Morgan fingerprint density at radius 1 is 1.59 bits per heavy atom. The molecule has 1 fully saturated rings. The SMILES string of the molecule is COc1ccc(Cl)cc1CC1(C#N)CCOC1. The first-order chi connectivity index (χ1) is 8.19. The summed E-state index contributed by atoms with van der Waals surface area (Å²) in [6, 6.07) is 7.85. The lowest BCUT2D eigenvalue weighted by atomic mass is 9.82. The van der Waals surface area contributed by atoms with Crippen LogP contribution in [-0.2, 0) is 11.2 Å². The van der Waals surface area contributed by atoms with Gasteiger partial charge in [-0.3, -0.25) is 0 Å². The van der Waals surface area contributed by atoms with Gasteiger partial charge in [-0.25, -0.2) is 0 Å². The first-order valence-electron chi connectivity index (χ1n) is 5.50. The maximum atomic E-state index is 9.31. The zero-order chi connectivity index (χ0) is 12.3. The molecular weight excluding hydrogens is 238 g/mol. The molecule has 0 aromatic heterocycles. The summed E-state index contributed by atoms with van der Waals surface area (Å²) in [6.45, 7) is 1.13. The van der Waals surface area contributed by atoms with Gasteiger partial charge < -0.3 is 9.47 Å². The van der Waals surface area contributed by atoms with E-state index in [1.807, 2.05) is 12.1 Å². The number of hydrogen-bond donors (Lipinski definition) is 0. The highest BCUT2D eigenvalue weighted by atomic mass is 35.5. The molecule has 0 spiro atoms. The average Bonchev–Trinajstić information content (AvgIpc) is 2.79. The molecule has 1 saturated heterocycles. The van der Waals surface area contributed by atoms with Gasteiger partial charge in [0, 0.05) is 11.6 Å². The van der Waals surface area contributed by atoms with Crippen molar-refractivity contribution in [2.24, 2.45) is 5.41 Å². The molecule has 17 heavy (non-hydrogen) atoms. The molecule has 0 amide bonds. The van der Waals surface area contributed by atoms with Gasteiger partial charge >= 0.3 is 0 Å². The van der Waals surface area contributed by atoms with Crippen LogP contribution in [0.2, 0.25) is 5.02 Å². The molecule has 1 aliphatic heterocycles. The van der Waals surface area contributed by atoms with Crippen LogP contribution >= 0.6 is 11.6 Å². The van der Waals surface area contributed by atoms with Crippen LogP contribution in [0.4, 0.5) is 0 Å². The molecule has 1 heterocycles. The Morgan fingerprint density at radius 2 is 2.41 bits per heavy atom. The number of halogens is 1. The Kier molecular flexibility index (Phi) is 3.56. The molecule has 3 nitrogen and oxygen atoms in total. The van der Waals surface area contributed by atoms with E-state index in [0.29, 0.717) is 24.7 Å². The van der Waals surface area contributed by atoms with Gasteiger partial charge in [-0.2, -0.15) is 5.26 Å². The maximum absolute atomic E-state index is 9.31. The summed E-state index contributed by atoms with van der Waals surface area (Å²) in [5.74, 6) is 0.774. The molecule has 90 valence electrons. The van der Waals surface area contributed by atoms with Crippen LogP contribution in [0, 0.1) is 16.7 Å². The topological polar surface area (TPSA) is 42.2 Å². The third-order valence-electron chi connectivity index (χ3n) is 3.11. The number of methoxy groups -OCH3 is 1. The summed E-state index contributed by atoms with van der Waals surface area (Å²) in [7, 11) is 1.62. The minimum absolute atomic E-state index is 0.433. The van der Waals surface area contributed by atoms with Gasteiger partial charge in [-0.15, -0.1) is 0 Å². The molecule has 1 aromatic carbocycles. The number of benzene rings is 1. The Hall–Kier alpha value is -1.24. The Bertz CT molecular complexity index is 447. The minimum Gasteiger partial charge on any atom is -0.496 e.